The Hall–Kier alpha value is -2.69. The largest absolute Gasteiger partial charge is 0.337 e. The summed E-state index contributed by atoms with van der Waals surface area (Å²) < 4.78 is 13.7. The Morgan fingerprint density at radius 3 is 2.65 bits per heavy atom. The Morgan fingerprint density at radius 1 is 1.10 bits per heavy atom. The molecule has 2 heterocycles. The molecule has 0 radical (unpaired) electrons. The lowest BCUT2D eigenvalue weighted by molar-refractivity contribution is -0.113. The molecule has 4 aromatic rings. The highest BCUT2D eigenvalue weighted by atomic mass is 32.2. The molecule has 1 amide bonds. The number of rotatable bonds is 8. The van der Waals surface area contributed by atoms with Gasteiger partial charge in [0.2, 0.25) is 11.0 Å². The molecule has 0 unspecified atom stereocenters. The number of thioether (sulfide) groups is 2. The number of imidazole rings is 1. The SMILES string of the molecule is Cc1[nH]c(SCC(=O)Nc2nnc(SCc3ccc(F)cc3)s2)nc1-c1ccccc1. The van der Waals surface area contributed by atoms with Crippen LogP contribution in [-0.4, -0.2) is 31.8 Å². The van der Waals surface area contributed by atoms with Crippen LogP contribution in [0.25, 0.3) is 11.3 Å². The van der Waals surface area contributed by atoms with Crippen LogP contribution in [0.15, 0.2) is 64.1 Å². The highest BCUT2D eigenvalue weighted by Crippen LogP contribution is 2.29. The zero-order valence-corrected chi connectivity index (χ0v) is 18.9. The van der Waals surface area contributed by atoms with Gasteiger partial charge in [-0.3, -0.25) is 10.1 Å². The van der Waals surface area contributed by atoms with Crippen LogP contribution in [0.2, 0.25) is 0 Å². The number of hydrogen-bond acceptors (Lipinski definition) is 7. The first-order valence-corrected chi connectivity index (χ1v) is 12.1. The number of carbonyl (C=O) groups is 1. The average molecular weight is 472 g/mol. The van der Waals surface area contributed by atoms with E-state index in [1.54, 1.807) is 12.1 Å². The molecule has 0 bridgehead atoms. The van der Waals surface area contributed by atoms with E-state index >= 15 is 0 Å². The van der Waals surface area contributed by atoms with Crippen molar-refractivity contribution in [3.63, 3.8) is 0 Å². The first-order valence-electron chi connectivity index (χ1n) is 9.32. The third kappa shape index (κ3) is 5.93. The van der Waals surface area contributed by atoms with Gasteiger partial charge in [0.05, 0.1) is 11.4 Å². The van der Waals surface area contributed by atoms with Crippen molar-refractivity contribution in [1.29, 1.82) is 0 Å². The van der Waals surface area contributed by atoms with Gasteiger partial charge in [0.15, 0.2) is 9.50 Å². The molecule has 0 saturated carbocycles. The maximum absolute atomic E-state index is 13.0. The normalized spacial score (nSPS) is 10.9. The van der Waals surface area contributed by atoms with Gasteiger partial charge < -0.3 is 4.98 Å². The van der Waals surface area contributed by atoms with Crippen LogP contribution in [0.3, 0.4) is 0 Å². The molecule has 0 atom stereocenters. The first kappa shape index (κ1) is 21.5. The van der Waals surface area contributed by atoms with Crippen molar-refractivity contribution in [2.45, 2.75) is 22.2 Å². The number of anilines is 1. The maximum Gasteiger partial charge on any atom is 0.236 e. The predicted molar refractivity (Wildman–Crippen MR) is 124 cm³/mol. The lowest BCUT2D eigenvalue weighted by atomic mass is 10.1. The summed E-state index contributed by atoms with van der Waals surface area (Å²) in [5.41, 5.74) is 3.87. The fourth-order valence-electron chi connectivity index (χ4n) is 2.71. The number of nitrogens with zero attached hydrogens (tertiary/aromatic N) is 3. The summed E-state index contributed by atoms with van der Waals surface area (Å²) in [6.45, 7) is 1.96. The van der Waals surface area contributed by atoms with Crippen LogP contribution in [0, 0.1) is 12.7 Å². The summed E-state index contributed by atoms with van der Waals surface area (Å²) >= 11 is 4.14. The number of hydrogen-bond donors (Lipinski definition) is 2. The molecule has 2 aromatic heterocycles. The summed E-state index contributed by atoms with van der Waals surface area (Å²) in [6, 6.07) is 16.3. The van der Waals surface area contributed by atoms with E-state index in [4.69, 9.17) is 0 Å². The monoisotopic (exact) mass is 471 g/mol. The zero-order chi connectivity index (χ0) is 21.6. The second-order valence-electron chi connectivity index (χ2n) is 6.51. The lowest BCUT2D eigenvalue weighted by Gasteiger charge is -1.99. The number of halogens is 1. The number of amides is 1. The molecule has 0 fully saturated rings. The molecule has 4 rings (SSSR count). The minimum absolute atomic E-state index is 0.174. The molecule has 2 aromatic carbocycles. The number of carbonyl (C=O) groups excluding carboxylic acids is 1. The van der Waals surface area contributed by atoms with Crippen LogP contribution < -0.4 is 5.32 Å². The molecule has 0 spiro atoms. The predicted octanol–water partition coefficient (Wildman–Crippen LogP) is 5.40. The van der Waals surface area contributed by atoms with Crippen molar-refractivity contribution in [1.82, 2.24) is 20.2 Å². The van der Waals surface area contributed by atoms with Gasteiger partial charge in [-0.05, 0) is 24.6 Å². The Bertz CT molecular complexity index is 1160. The van der Waals surface area contributed by atoms with E-state index in [-0.39, 0.29) is 17.5 Å². The Kier molecular flexibility index (Phi) is 7.00. The van der Waals surface area contributed by atoms with Crippen molar-refractivity contribution >= 4 is 45.9 Å². The van der Waals surface area contributed by atoms with Crippen LogP contribution in [0.1, 0.15) is 11.3 Å². The van der Waals surface area contributed by atoms with Crippen molar-refractivity contribution in [2.75, 3.05) is 11.1 Å². The van der Waals surface area contributed by atoms with Crippen molar-refractivity contribution in [3.8, 4) is 11.3 Å². The third-order valence-electron chi connectivity index (χ3n) is 4.18. The van der Waals surface area contributed by atoms with Crippen molar-refractivity contribution < 1.29 is 9.18 Å². The fraction of sp³-hybridized carbons (Fsp3) is 0.143. The fourth-order valence-corrected chi connectivity index (χ4v) is 5.16. The second-order valence-corrected chi connectivity index (χ2v) is 9.67. The molecule has 2 N–H and O–H groups in total. The van der Waals surface area contributed by atoms with Gasteiger partial charge in [0, 0.05) is 17.0 Å². The molecule has 0 saturated heterocycles. The lowest BCUT2D eigenvalue weighted by Crippen LogP contribution is -2.13. The van der Waals surface area contributed by atoms with Crippen molar-refractivity contribution in [3.05, 3.63) is 71.7 Å². The van der Waals surface area contributed by atoms with Gasteiger partial charge in [-0.1, -0.05) is 77.3 Å². The molecular formula is C21H18FN5OS3. The van der Waals surface area contributed by atoms with Crippen LogP contribution >= 0.6 is 34.9 Å². The second kappa shape index (κ2) is 10.1. The summed E-state index contributed by atoms with van der Waals surface area (Å²) in [7, 11) is 0. The number of aromatic nitrogens is 4. The molecule has 10 heteroatoms. The van der Waals surface area contributed by atoms with Gasteiger partial charge in [-0.15, -0.1) is 10.2 Å². The quantitative estimate of drug-likeness (QED) is 0.264. The number of aryl methyl sites for hydroxylation is 1. The van der Waals surface area contributed by atoms with E-state index < -0.39 is 0 Å². The Labute approximate surface area is 191 Å². The van der Waals surface area contributed by atoms with Gasteiger partial charge >= 0.3 is 0 Å². The van der Waals surface area contributed by atoms with Gasteiger partial charge in [0.1, 0.15) is 5.82 Å². The summed E-state index contributed by atoms with van der Waals surface area (Å²) in [6.07, 6.45) is 0. The number of aromatic amines is 1. The average Bonchev–Trinajstić information content (AvgIpc) is 3.38. The highest BCUT2D eigenvalue weighted by Gasteiger charge is 2.13. The smallest absolute Gasteiger partial charge is 0.236 e. The minimum atomic E-state index is -0.256. The van der Waals surface area contributed by atoms with E-state index in [9.17, 15) is 9.18 Å². The van der Waals surface area contributed by atoms with Gasteiger partial charge in [-0.25, -0.2) is 9.37 Å². The topological polar surface area (TPSA) is 83.6 Å². The molecule has 0 aliphatic carbocycles. The molecule has 6 nitrogen and oxygen atoms in total. The van der Waals surface area contributed by atoms with E-state index in [1.807, 2.05) is 37.3 Å². The summed E-state index contributed by atoms with van der Waals surface area (Å²) in [5.74, 6) is 0.430. The van der Waals surface area contributed by atoms with Gasteiger partial charge in [-0.2, -0.15) is 0 Å². The molecular weight excluding hydrogens is 453 g/mol. The first-order chi connectivity index (χ1) is 15.1. The summed E-state index contributed by atoms with van der Waals surface area (Å²) in [5, 5.41) is 12.0. The molecule has 0 aliphatic rings. The zero-order valence-electron chi connectivity index (χ0n) is 16.5. The molecule has 31 heavy (non-hydrogen) atoms. The highest BCUT2D eigenvalue weighted by molar-refractivity contribution is 8.00. The molecule has 0 aliphatic heterocycles. The van der Waals surface area contributed by atoms with E-state index in [1.165, 1.54) is 47.0 Å². The summed E-state index contributed by atoms with van der Waals surface area (Å²) in [4.78, 5) is 20.1. The number of benzene rings is 2. The number of H-pyrrole nitrogens is 1. The van der Waals surface area contributed by atoms with Crippen LogP contribution in [0.4, 0.5) is 9.52 Å². The Morgan fingerprint density at radius 2 is 1.87 bits per heavy atom. The van der Waals surface area contributed by atoms with E-state index in [0.29, 0.717) is 16.0 Å². The maximum atomic E-state index is 13.0. The third-order valence-corrected chi connectivity index (χ3v) is 7.10. The standard InChI is InChI=1S/C21H18FN5OS3/c1-13-18(15-5-3-2-4-6-15)25-19(23-13)29-12-17(28)24-20-26-27-21(31-20)30-11-14-7-9-16(22)10-8-14/h2-10H,11-12H2,1H3,(H,23,25)(H,24,26,28). The van der Waals surface area contributed by atoms with E-state index in [2.05, 4.69) is 25.5 Å². The minimum Gasteiger partial charge on any atom is -0.337 e. The van der Waals surface area contributed by atoms with E-state index in [0.717, 1.165) is 26.9 Å². The van der Waals surface area contributed by atoms with Crippen molar-refractivity contribution in [2.24, 2.45) is 0 Å². The number of nitrogens with one attached hydrogen (secondary N) is 2. The van der Waals surface area contributed by atoms with Crippen LogP contribution in [-0.2, 0) is 10.5 Å². The Balaban J connectivity index is 1.27. The van der Waals surface area contributed by atoms with Gasteiger partial charge in [0.25, 0.3) is 0 Å². The molecule has 158 valence electrons. The van der Waals surface area contributed by atoms with Crippen LogP contribution in [0.5, 0.6) is 0 Å².